The highest BCUT2D eigenvalue weighted by Crippen LogP contribution is 2.31. The third kappa shape index (κ3) is 2.90. The van der Waals surface area contributed by atoms with E-state index in [1.807, 2.05) is 12.1 Å². The van der Waals surface area contributed by atoms with E-state index in [1.54, 1.807) is 0 Å². The molecular formula is C16H20N2O2. The van der Waals surface area contributed by atoms with Crippen LogP contribution in [0, 0.1) is 0 Å². The van der Waals surface area contributed by atoms with Gasteiger partial charge in [-0.25, -0.2) is 0 Å². The predicted molar refractivity (Wildman–Crippen MR) is 78.1 cm³/mol. The van der Waals surface area contributed by atoms with Gasteiger partial charge in [0.1, 0.15) is 11.6 Å². The lowest BCUT2D eigenvalue weighted by molar-refractivity contribution is -0.130. The quantitative estimate of drug-likeness (QED) is 0.829. The van der Waals surface area contributed by atoms with E-state index in [0.717, 1.165) is 31.7 Å². The number of benzene rings is 1. The first-order valence-corrected chi connectivity index (χ1v) is 7.31. The van der Waals surface area contributed by atoms with Crippen LogP contribution in [0.4, 0.5) is 5.69 Å². The van der Waals surface area contributed by atoms with Crippen LogP contribution in [0.15, 0.2) is 24.3 Å². The van der Waals surface area contributed by atoms with Gasteiger partial charge in [0.05, 0.1) is 6.42 Å². The number of carbonyl (C=O) groups excluding carboxylic acids is 2. The molecule has 1 aliphatic heterocycles. The number of ketones is 2. The maximum absolute atomic E-state index is 11.6. The van der Waals surface area contributed by atoms with Gasteiger partial charge in [0.2, 0.25) is 0 Å². The van der Waals surface area contributed by atoms with Gasteiger partial charge in [0.15, 0.2) is 0 Å². The Morgan fingerprint density at radius 2 is 1.75 bits per heavy atom. The van der Waals surface area contributed by atoms with Gasteiger partial charge < -0.3 is 10.2 Å². The topological polar surface area (TPSA) is 49.4 Å². The minimum Gasteiger partial charge on any atom is -0.369 e. The van der Waals surface area contributed by atoms with Gasteiger partial charge in [0, 0.05) is 44.7 Å². The van der Waals surface area contributed by atoms with Crippen molar-refractivity contribution in [3.63, 3.8) is 0 Å². The van der Waals surface area contributed by atoms with Crippen molar-refractivity contribution in [2.24, 2.45) is 0 Å². The predicted octanol–water partition coefficient (Wildman–Crippen LogP) is 1.50. The average Bonchev–Trinajstić information content (AvgIpc) is 2.47. The molecule has 4 heteroatoms. The third-order valence-corrected chi connectivity index (χ3v) is 4.17. The van der Waals surface area contributed by atoms with Crippen molar-refractivity contribution in [1.29, 1.82) is 0 Å². The van der Waals surface area contributed by atoms with E-state index in [1.165, 1.54) is 5.69 Å². The number of Topliss-reactive ketones (excluding diaryl/α,β-unsaturated/α-hetero) is 2. The molecule has 0 amide bonds. The van der Waals surface area contributed by atoms with Gasteiger partial charge in [-0.3, -0.25) is 9.59 Å². The van der Waals surface area contributed by atoms with E-state index in [4.69, 9.17) is 0 Å². The Morgan fingerprint density at radius 3 is 2.45 bits per heavy atom. The smallest absolute Gasteiger partial charge is 0.140 e. The minimum absolute atomic E-state index is 0.0756. The van der Waals surface area contributed by atoms with Gasteiger partial charge in [0.25, 0.3) is 0 Å². The van der Waals surface area contributed by atoms with Crippen LogP contribution in [0.25, 0.3) is 0 Å². The van der Waals surface area contributed by atoms with Crippen LogP contribution in [0.5, 0.6) is 0 Å². The summed E-state index contributed by atoms with van der Waals surface area (Å²) in [6.45, 7) is 4.02. The summed E-state index contributed by atoms with van der Waals surface area (Å²) in [6, 6.07) is 8.35. The zero-order valence-corrected chi connectivity index (χ0v) is 11.6. The monoisotopic (exact) mass is 272 g/mol. The summed E-state index contributed by atoms with van der Waals surface area (Å²) in [4.78, 5) is 25.6. The number of nitrogens with one attached hydrogen (secondary N) is 1. The molecule has 4 nitrogen and oxygen atoms in total. The fourth-order valence-corrected chi connectivity index (χ4v) is 3.12. The Bertz CT molecular complexity index is 505. The van der Waals surface area contributed by atoms with Crippen LogP contribution in [0.2, 0.25) is 0 Å². The van der Waals surface area contributed by atoms with Crippen LogP contribution in [-0.4, -0.2) is 37.7 Å². The molecule has 0 atom stereocenters. The zero-order chi connectivity index (χ0) is 13.9. The highest BCUT2D eigenvalue weighted by molar-refractivity contribution is 6.02. The largest absolute Gasteiger partial charge is 0.369 e. The molecule has 20 heavy (non-hydrogen) atoms. The Morgan fingerprint density at radius 1 is 1.05 bits per heavy atom. The van der Waals surface area contributed by atoms with Gasteiger partial charge in [-0.05, 0) is 23.6 Å². The van der Waals surface area contributed by atoms with Crippen molar-refractivity contribution in [3.8, 4) is 0 Å². The molecule has 2 fully saturated rings. The number of nitrogens with zero attached hydrogens (tertiary/aromatic N) is 1. The van der Waals surface area contributed by atoms with Crippen molar-refractivity contribution in [3.05, 3.63) is 29.8 Å². The minimum atomic E-state index is 0.0756. The van der Waals surface area contributed by atoms with Crippen LogP contribution >= 0.6 is 0 Å². The molecule has 1 aromatic rings. The molecular weight excluding hydrogens is 252 g/mol. The van der Waals surface area contributed by atoms with Crippen molar-refractivity contribution < 1.29 is 9.59 Å². The van der Waals surface area contributed by atoms with E-state index in [0.29, 0.717) is 12.8 Å². The van der Waals surface area contributed by atoms with Crippen LogP contribution < -0.4 is 10.2 Å². The summed E-state index contributed by atoms with van der Waals surface area (Å²) in [5.41, 5.74) is 2.33. The fourth-order valence-electron chi connectivity index (χ4n) is 3.12. The van der Waals surface area contributed by atoms with E-state index < -0.39 is 0 Å². The lowest BCUT2D eigenvalue weighted by Gasteiger charge is -2.30. The molecule has 1 heterocycles. The van der Waals surface area contributed by atoms with Crippen molar-refractivity contribution in [1.82, 2.24) is 5.32 Å². The molecule has 2 aliphatic rings. The second-order valence-corrected chi connectivity index (χ2v) is 5.69. The summed E-state index contributed by atoms with van der Waals surface area (Å²) < 4.78 is 0. The van der Waals surface area contributed by atoms with Crippen molar-refractivity contribution in [2.45, 2.75) is 25.2 Å². The normalized spacial score (nSPS) is 21.3. The van der Waals surface area contributed by atoms with Crippen LogP contribution in [-0.2, 0) is 9.59 Å². The molecule has 0 aromatic heterocycles. The maximum atomic E-state index is 11.6. The van der Waals surface area contributed by atoms with Gasteiger partial charge in [-0.2, -0.15) is 0 Å². The van der Waals surface area contributed by atoms with Gasteiger partial charge in [-0.15, -0.1) is 0 Å². The second-order valence-electron chi connectivity index (χ2n) is 5.69. The lowest BCUT2D eigenvalue weighted by atomic mass is 9.82. The Hall–Kier alpha value is -1.68. The maximum Gasteiger partial charge on any atom is 0.140 e. The summed E-state index contributed by atoms with van der Waals surface area (Å²) in [5, 5.41) is 3.34. The standard InChI is InChI=1S/C16H20N2O2/c19-15-9-13(10-16(20)11-15)12-2-1-3-14(8-12)18-6-4-17-5-7-18/h1-3,8,13,17H,4-7,9-11H2. The van der Waals surface area contributed by atoms with Crippen LogP contribution in [0.1, 0.15) is 30.7 Å². The van der Waals surface area contributed by atoms with Gasteiger partial charge >= 0.3 is 0 Å². The van der Waals surface area contributed by atoms with Crippen LogP contribution in [0.3, 0.4) is 0 Å². The zero-order valence-electron chi connectivity index (χ0n) is 11.6. The molecule has 0 bridgehead atoms. The van der Waals surface area contributed by atoms with Crippen molar-refractivity contribution >= 4 is 17.3 Å². The third-order valence-electron chi connectivity index (χ3n) is 4.17. The van der Waals surface area contributed by atoms with Gasteiger partial charge in [-0.1, -0.05) is 12.1 Å². The van der Waals surface area contributed by atoms with E-state index in [-0.39, 0.29) is 23.9 Å². The number of hydrogen-bond acceptors (Lipinski definition) is 4. The summed E-state index contributed by atoms with van der Waals surface area (Å²) in [7, 11) is 0. The SMILES string of the molecule is O=C1CC(=O)CC(c2cccc(N3CCNCC3)c2)C1. The molecule has 0 radical (unpaired) electrons. The average molecular weight is 272 g/mol. The first-order chi connectivity index (χ1) is 9.72. The number of carbonyl (C=O) groups is 2. The van der Waals surface area contributed by atoms with Crippen molar-refractivity contribution in [2.75, 3.05) is 31.1 Å². The molecule has 1 N–H and O–H groups in total. The second kappa shape index (κ2) is 5.75. The molecule has 0 spiro atoms. The number of anilines is 1. The van der Waals surface area contributed by atoms with E-state index in [2.05, 4.69) is 22.3 Å². The summed E-state index contributed by atoms with van der Waals surface area (Å²) >= 11 is 0. The summed E-state index contributed by atoms with van der Waals surface area (Å²) in [5.74, 6) is 0.240. The highest BCUT2D eigenvalue weighted by Gasteiger charge is 2.26. The Kier molecular flexibility index (Phi) is 3.83. The highest BCUT2D eigenvalue weighted by atomic mass is 16.1. The number of hydrogen-bond donors (Lipinski definition) is 1. The Balaban J connectivity index is 1.79. The Labute approximate surface area is 119 Å². The fraction of sp³-hybridized carbons (Fsp3) is 0.500. The first-order valence-electron chi connectivity index (χ1n) is 7.31. The number of rotatable bonds is 2. The number of piperazine rings is 1. The summed E-state index contributed by atoms with van der Waals surface area (Å²) in [6.07, 6.45) is 1.15. The molecule has 1 aliphatic carbocycles. The molecule has 1 saturated carbocycles. The molecule has 1 aromatic carbocycles. The lowest BCUT2D eigenvalue weighted by Crippen LogP contribution is -2.43. The van der Waals surface area contributed by atoms with E-state index in [9.17, 15) is 9.59 Å². The molecule has 0 unspecified atom stereocenters. The van der Waals surface area contributed by atoms with E-state index >= 15 is 0 Å². The first kappa shape index (κ1) is 13.3. The molecule has 1 saturated heterocycles. The molecule has 106 valence electrons. The molecule has 3 rings (SSSR count).